The van der Waals surface area contributed by atoms with E-state index in [2.05, 4.69) is 18.8 Å². The summed E-state index contributed by atoms with van der Waals surface area (Å²) in [6.07, 6.45) is 0.933. The Hall–Kier alpha value is -1.56. The van der Waals surface area contributed by atoms with Gasteiger partial charge in [-0.25, -0.2) is 9.37 Å². The van der Waals surface area contributed by atoms with E-state index in [4.69, 9.17) is 5.11 Å². The van der Waals surface area contributed by atoms with Gasteiger partial charge in [0, 0.05) is 6.54 Å². The van der Waals surface area contributed by atoms with Gasteiger partial charge in [-0.05, 0) is 30.5 Å². The van der Waals surface area contributed by atoms with Crippen molar-refractivity contribution in [1.82, 2.24) is 9.55 Å². The number of halogens is 1. The Bertz CT molecular complexity index is 625. The molecule has 0 saturated carbocycles. The molecular formula is C14H17FN2O2S. The van der Waals surface area contributed by atoms with Gasteiger partial charge in [0.25, 0.3) is 0 Å². The smallest absolute Gasteiger partial charge is 0.313 e. The molecule has 2 aromatic rings. The minimum atomic E-state index is -0.886. The van der Waals surface area contributed by atoms with Gasteiger partial charge in [0.15, 0.2) is 5.16 Å². The van der Waals surface area contributed by atoms with Gasteiger partial charge in [-0.3, -0.25) is 4.79 Å². The first-order valence-corrected chi connectivity index (χ1v) is 7.46. The fraction of sp³-hybridized carbons (Fsp3) is 0.429. The van der Waals surface area contributed by atoms with Crippen molar-refractivity contribution in [3.05, 3.63) is 24.0 Å². The Kier molecular flexibility index (Phi) is 4.65. The fourth-order valence-corrected chi connectivity index (χ4v) is 2.67. The Morgan fingerprint density at radius 3 is 2.90 bits per heavy atom. The molecule has 108 valence electrons. The first-order chi connectivity index (χ1) is 9.47. The number of aliphatic carboxylic acids is 1. The zero-order valence-corrected chi connectivity index (χ0v) is 12.3. The van der Waals surface area contributed by atoms with Gasteiger partial charge in [0.1, 0.15) is 5.82 Å². The summed E-state index contributed by atoms with van der Waals surface area (Å²) in [5.74, 6) is -0.729. The maximum atomic E-state index is 13.4. The number of carboxylic acid groups (broad SMARTS) is 1. The fourth-order valence-electron chi connectivity index (χ4n) is 1.91. The van der Waals surface area contributed by atoms with E-state index in [9.17, 15) is 9.18 Å². The second kappa shape index (κ2) is 6.26. The summed E-state index contributed by atoms with van der Waals surface area (Å²) >= 11 is 1.17. The van der Waals surface area contributed by atoms with Crippen molar-refractivity contribution in [3.8, 4) is 0 Å². The molecule has 4 nitrogen and oxygen atoms in total. The number of carbonyl (C=O) groups is 1. The van der Waals surface area contributed by atoms with Crippen LogP contribution < -0.4 is 0 Å². The highest BCUT2D eigenvalue weighted by Crippen LogP contribution is 2.25. The second-order valence-electron chi connectivity index (χ2n) is 5.04. The molecule has 1 aromatic carbocycles. The molecule has 0 saturated heterocycles. The van der Waals surface area contributed by atoms with Crippen LogP contribution in [0.4, 0.5) is 4.39 Å². The largest absolute Gasteiger partial charge is 0.481 e. The maximum absolute atomic E-state index is 13.4. The molecule has 0 aliphatic rings. The lowest BCUT2D eigenvalue weighted by molar-refractivity contribution is -0.133. The molecule has 0 atom stereocenters. The van der Waals surface area contributed by atoms with Gasteiger partial charge in [-0.2, -0.15) is 0 Å². The molecule has 0 aliphatic carbocycles. The van der Waals surface area contributed by atoms with Crippen molar-refractivity contribution in [2.24, 2.45) is 5.92 Å². The Morgan fingerprint density at radius 2 is 2.25 bits per heavy atom. The van der Waals surface area contributed by atoms with E-state index in [0.29, 0.717) is 23.1 Å². The van der Waals surface area contributed by atoms with Crippen LogP contribution in [-0.4, -0.2) is 26.4 Å². The third-order valence-electron chi connectivity index (χ3n) is 2.93. The molecule has 1 aromatic heterocycles. The molecule has 0 radical (unpaired) electrons. The highest BCUT2D eigenvalue weighted by atomic mass is 32.2. The van der Waals surface area contributed by atoms with Crippen LogP contribution in [0.3, 0.4) is 0 Å². The molecule has 0 amide bonds. The van der Waals surface area contributed by atoms with E-state index in [0.717, 1.165) is 11.9 Å². The lowest BCUT2D eigenvalue weighted by Crippen LogP contribution is -2.05. The van der Waals surface area contributed by atoms with Gasteiger partial charge in [0.2, 0.25) is 0 Å². The van der Waals surface area contributed by atoms with Gasteiger partial charge in [0.05, 0.1) is 16.8 Å². The molecule has 20 heavy (non-hydrogen) atoms. The van der Waals surface area contributed by atoms with Crippen molar-refractivity contribution in [2.75, 3.05) is 5.75 Å². The van der Waals surface area contributed by atoms with Gasteiger partial charge >= 0.3 is 5.97 Å². The Balaban J connectivity index is 2.37. The lowest BCUT2D eigenvalue weighted by atomic mass is 10.1. The van der Waals surface area contributed by atoms with E-state index in [1.54, 1.807) is 6.07 Å². The van der Waals surface area contributed by atoms with Crippen molar-refractivity contribution in [3.63, 3.8) is 0 Å². The lowest BCUT2D eigenvalue weighted by Gasteiger charge is -2.10. The Morgan fingerprint density at radius 1 is 1.50 bits per heavy atom. The number of nitrogens with zero attached hydrogens (tertiary/aromatic N) is 2. The number of imidazole rings is 1. The predicted molar refractivity (Wildman–Crippen MR) is 77.5 cm³/mol. The number of carboxylic acids is 1. The molecule has 0 unspecified atom stereocenters. The van der Waals surface area contributed by atoms with Crippen molar-refractivity contribution in [2.45, 2.75) is 32.0 Å². The molecular weight excluding hydrogens is 279 g/mol. The first kappa shape index (κ1) is 14.8. The number of rotatable bonds is 6. The standard InChI is InChI=1S/C14H17FN2O2S/c1-9(2)5-6-17-12-7-10(15)3-4-11(12)16-14(17)20-8-13(18)19/h3-4,7,9H,5-6,8H2,1-2H3,(H,18,19). The van der Waals surface area contributed by atoms with Crippen molar-refractivity contribution < 1.29 is 14.3 Å². The summed E-state index contributed by atoms with van der Waals surface area (Å²) in [4.78, 5) is 15.1. The molecule has 0 spiro atoms. The SMILES string of the molecule is CC(C)CCn1c(SCC(=O)O)nc2ccc(F)cc21. The number of benzene rings is 1. The average Bonchev–Trinajstić information content (AvgIpc) is 2.71. The van der Waals surface area contributed by atoms with Crippen LogP contribution in [-0.2, 0) is 11.3 Å². The van der Waals surface area contributed by atoms with Crippen LogP contribution in [0.1, 0.15) is 20.3 Å². The van der Waals surface area contributed by atoms with Gasteiger partial charge in [-0.15, -0.1) is 0 Å². The van der Waals surface area contributed by atoms with Gasteiger partial charge < -0.3 is 9.67 Å². The summed E-state index contributed by atoms with van der Waals surface area (Å²) < 4.78 is 15.3. The molecule has 0 bridgehead atoms. The number of fused-ring (bicyclic) bond motifs is 1. The van der Waals surface area contributed by atoms with Crippen LogP contribution in [0.25, 0.3) is 11.0 Å². The summed E-state index contributed by atoms with van der Waals surface area (Å²) in [5.41, 5.74) is 1.42. The van der Waals surface area contributed by atoms with Crippen LogP contribution in [0, 0.1) is 11.7 Å². The molecule has 0 fully saturated rings. The van der Waals surface area contributed by atoms with E-state index in [1.165, 1.54) is 23.9 Å². The van der Waals surface area contributed by atoms with Crippen molar-refractivity contribution in [1.29, 1.82) is 0 Å². The zero-order valence-electron chi connectivity index (χ0n) is 11.5. The van der Waals surface area contributed by atoms with Crippen molar-refractivity contribution >= 4 is 28.8 Å². The average molecular weight is 296 g/mol. The topological polar surface area (TPSA) is 55.1 Å². The molecule has 0 aliphatic heterocycles. The highest BCUT2D eigenvalue weighted by Gasteiger charge is 2.13. The third kappa shape index (κ3) is 3.50. The number of hydrogen-bond acceptors (Lipinski definition) is 3. The number of hydrogen-bond donors (Lipinski definition) is 1. The van der Waals surface area contributed by atoms with Crippen LogP contribution in [0.15, 0.2) is 23.4 Å². The predicted octanol–water partition coefficient (Wildman–Crippen LogP) is 3.40. The Labute approximate surface area is 121 Å². The molecule has 1 N–H and O–H groups in total. The van der Waals surface area contributed by atoms with Crippen LogP contribution in [0.2, 0.25) is 0 Å². The molecule has 1 heterocycles. The highest BCUT2D eigenvalue weighted by molar-refractivity contribution is 7.99. The number of aromatic nitrogens is 2. The quantitative estimate of drug-likeness (QED) is 0.830. The van der Waals surface area contributed by atoms with Crippen LogP contribution in [0.5, 0.6) is 0 Å². The zero-order chi connectivity index (χ0) is 14.7. The maximum Gasteiger partial charge on any atom is 0.313 e. The van der Waals surface area contributed by atoms with E-state index in [-0.39, 0.29) is 11.6 Å². The minimum Gasteiger partial charge on any atom is -0.481 e. The van der Waals surface area contributed by atoms with Gasteiger partial charge in [-0.1, -0.05) is 25.6 Å². The summed E-state index contributed by atoms with van der Waals surface area (Å²) in [6, 6.07) is 4.45. The summed E-state index contributed by atoms with van der Waals surface area (Å²) in [6.45, 7) is 4.94. The van der Waals surface area contributed by atoms with E-state index < -0.39 is 5.97 Å². The molecule has 2 rings (SSSR count). The first-order valence-electron chi connectivity index (χ1n) is 6.47. The van der Waals surface area contributed by atoms with E-state index in [1.807, 2.05) is 4.57 Å². The summed E-state index contributed by atoms with van der Waals surface area (Å²) in [5, 5.41) is 9.42. The molecule has 6 heteroatoms. The normalized spacial score (nSPS) is 11.4. The number of thioether (sulfide) groups is 1. The number of aryl methyl sites for hydroxylation is 1. The van der Waals surface area contributed by atoms with E-state index >= 15 is 0 Å². The monoisotopic (exact) mass is 296 g/mol. The minimum absolute atomic E-state index is 0.0481. The van der Waals surface area contributed by atoms with Crippen LogP contribution >= 0.6 is 11.8 Å². The third-order valence-corrected chi connectivity index (χ3v) is 3.89. The second-order valence-corrected chi connectivity index (χ2v) is 5.99. The summed E-state index contributed by atoms with van der Waals surface area (Å²) in [7, 11) is 0.